The lowest BCUT2D eigenvalue weighted by molar-refractivity contribution is -0.403. The average Bonchev–Trinajstić information content (AvgIpc) is 2.04. The molecule has 1 atom stereocenters. The summed E-state index contributed by atoms with van der Waals surface area (Å²) in [5.41, 5.74) is 0. The van der Waals surface area contributed by atoms with E-state index in [-0.39, 0.29) is 6.42 Å². The molecular formula is C7H15O7. The van der Waals surface area contributed by atoms with E-state index in [0.29, 0.717) is 6.42 Å². The minimum Gasteiger partial charge on any atom is -0.387 e. The van der Waals surface area contributed by atoms with Gasteiger partial charge in [0.1, 0.15) is 6.10 Å². The fourth-order valence-electron chi connectivity index (χ4n) is 0.872. The van der Waals surface area contributed by atoms with E-state index in [1.165, 1.54) is 0 Å². The lowest BCUT2D eigenvalue weighted by atomic mass is 9.96. The van der Waals surface area contributed by atoms with E-state index >= 15 is 0 Å². The Morgan fingerprint density at radius 2 is 1.57 bits per heavy atom. The highest BCUT2D eigenvalue weighted by atomic mass is 16.6. The third-order valence-corrected chi connectivity index (χ3v) is 1.85. The predicted molar refractivity (Wildman–Crippen MR) is 42.4 cm³/mol. The molecule has 0 fully saturated rings. The fourth-order valence-corrected chi connectivity index (χ4v) is 0.872. The largest absolute Gasteiger partial charge is 0.387 e. The maximum atomic E-state index is 9.11. The summed E-state index contributed by atoms with van der Waals surface area (Å²) in [6.45, 7) is 1.61. The maximum absolute atomic E-state index is 9.11. The summed E-state index contributed by atoms with van der Waals surface area (Å²) >= 11 is 0. The number of rotatable bonds is 5. The Bertz CT molecular complexity index is 177. The first kappa shape index (κ1) is 13.7. The highest BCUT2D eigenvalue weighted by Gasteiger charge is 2.57. The van der Waals surface area contributed by atoms with Crippen molar-refractivity contribution in [1.82, 2.24) is 0 Å². The number of aliphatic hydroxyl groups excluding tert-OH is 2. The van der Waals surface area contributed by atoms with Gasteiger partial charge in [-0.25, -0.2) is 0 Å². The summed E-state index contributed by atoms with van der Waals surface area (Å²) in [5.74, 6) is -7.14. The molecule has 85 valence electrons. The maximum Gasteiger partial charge on any atom is 0.286 e. The highest BCUT2D eigenvalue weighted by Crippen LogP contribution is 2.28. The summed E-state index contributed by atoms with van der Waals surface area (Å²) < 4.78 is 0. The SMILES string of the molecule is CCCC(O)C(O)(O)C(O)(O)[C](O)O. The Balaban J connectivity index is 4.74. The molecular weight excluding hydrogens is 196 g/mol. The standard InChI is InChI=1S/C7H15O7/c1-2-3-4(8)6(11,12)7(13,14)5(9)10/h4,8-14H,2-3H2,1H3. The Labute approximate surface area is 80.5 Å². The van der Waals surface area contributed by atoms with Crippen LogP contribution in [0.2, 0.25) is 0 Å². The first-order valence-electron chi connectivity index (χ1n) is 4.00. The van der Waals surface area contributed by atoms with Crippen molar-refractivity contribution in [3.63, 3.8) is 0 Å². The minimum absolute atomic E-state index is 0.150. The third-order valence-electron chi connectivity index (χ3n) is 1.85. The lowest BCUT2D eigenvalue weighted by Crippen LogP contribution is -2.64. The van der Waals surface area contributed by atoms with Crippen molar-refractivity contribution < 1.29 is 35.7 Å². The van der Waals surface area contributed by atoms with Crippen molar-refractivity contribution in [2.75, 3.05) is 0 Å². The smallest absolute Gasteiger partial charge is 0.286 e. The molecule has 0 aromatic carbocycles. The molecule has 0 heterocycles. The Morgan fingerprint density at radius 1 is 1.14 bits per heavy atom. The highest BCUT2D eigenvalue weighted by molar-refractivity contribution is 4.97. The monoisotopic (exact) mass is 211 g/mol. The van der Waals surface area contributed by atoms with Crippen LogP contribution in [-0.2, 0) is 0 Å². The van der Waals surface area contributed by atoms with Crippen molar-refractivity contribution in [2.24, 2.45) is 0 Å². The molecule has 7 nitrogen and oxygen atoms in total. The third kappa shape index (κ3) is 2.39. The molecule has 0 bridgehead atoms. The molecule has 0 aliphatic carbocycles. The second-order valence-corrected chi connectivity index (χ2v) is 3.03. The molecule has 7 heteroatoms. The van der Waals surface area contributed by atoms with Gasteiger partial charge in [-0.1, -0.05) is 13.3 Å². The van der Waals surface area contributed by atoms with E-state index in [9.17, 15) is 0 Å². The second kappa shape index (κ2) is 4.49. The van der Waals surface area contributed by atoms with Crippen LogP contribution in [0.3, 0.4) is 0 Å². The van der Waals surface area contributed by atoms with Crippen molar-refractivity contribution in [3.8, 4) is 0 Å². The van der Waals surface area contributed by atoms with Crippen molar-refractivity contribution in [2.45, 2.75) is 37.4 Å². The molecule has 0 amide bonds. The van der Waals surface area contributed by atoms with Gasteiger partial charge in [0.2, 0.25) is 0 Å². The van der Waals surface area contributed by atoms with Crippen LogP contribution in [0.15, 0.2) is 0 Å². The Hall–Kier alpha value is -0.280. The quantitative estimate of drug-likeness (QED) is 0.254. The zero-order valence-corrected chi connectivity index (χ0v) is 7.62. The van der Waals surface area contributed by atoms with Crippen LogP contribution in [0.5, 0.6) is 0 Å². The number of aliphatic hydroxyl groups is 7. The van der Waals surface area contributed by atoms with Crippen molar-refractivity contribution in [1.29, 1.82) is 0 Å². The zero-order valence-electron chi connectivity index (χ0n) is 7.62. The van der Waals surface area contributed by atoms with Gasteiger partial charge in [-0.05, 0) is 6.42 Å². The van der Waals surface area contributed by atoms with Gasteiger partial charge in [-0.2, -0.15) is 0 Å². The Morgan fingerprint density at radius 3 is 1.86 bits per heavy atom. The predicted octanol–water partition coefficient (Wildman–Crippen LogP) is -2.26. The van der Waals surface area contributed by atoms with E-state index in [2.05, 4.69) is 0 Å². The summed E-state index contributed by atoms with van der Waals surface area (Å²) in [6, 6.07) is 0. The molecule has 0 spiro atoms. The molecule has 0 aromatic rings. The van der Waals surface area contributed by atoms with Crippen molar-refractivity contribution in [3.05, 3.63) is 6.29 Å². The van der Waals surface area contributed by atoms with Crippen molar-refractivity contribution >= 4 is 0 Å². The first-order chi connectivity index (χ1) is 6.17. The Kier molecular flexibility index (Phi) is 4.40. The average molecular weight is 211 g/mol. The molecule has 1 unspecified atom stereocenters. The van der Waals surface area contributed by atoms with Gasteiger partial charge in [-0.15, -0.1) is 0 Å². The summed E-state index contributed by atoms with van der Waals surface area (Å²) in [6.07, 6.45) is -3.73. The first-order valence-corrected chi connectivity index (χ1v) is 4.00. The van der Waals surface area contributed by atoms with Gasteiger partial charge in [0.15, 0.2) is 0 Å². The molecule has 0 aromatic heterocycles. The van der Waals surface area contributed by atoms with E-state index in [4.69, 9.17) is 35.7 Å². The van der Waals surface area contributed by atoms with Crippen LogP contribution < -0.4 is 0 Å². The van der Waals surface area contributed by atoms with E-state index in [0.717, 1.165) is 0 Å². The van der Waals surface area contributed by atoms with Crippen LogP contribution >= 0.6 is 0 Å². The van der Waals surface area contributed by atoms with Crippen LogP contribution in [0.1, 0.15) is 19.8 Å². The molecule has 0 saturated heterocycles. The molecule has 0 saturated carbocycles. The topological polar surface area (TPSA) is 142 Å². The van der Waals surface area contributed by atoms with Gasteiger partial charge in [0, 0.05) is 0 Å². The molecule has 0 aliphatic heterocycles. The van der Waals surface area contributed by atoms with E-state index < -0.39 is 24.0 Å². The summed E-state index contributed by atoms with van der Waals surface area (Å²) in [4.78, 5) is 0. The number of hydrogen-bond acceptors (Lipinski definition) is 7. The van der Waals surface area contributed by atoms with Crippen LogP contribution in [-0.4, -0.2) is 53.4 Å². The number of hydrogen-bond donors (Lipinski definition) is 7. The summed E-state index contributed by atoms with van der Waals surface area (Å²) in [5, 5.41) is 61.8. The van der Waals surface area contributed by atoms with Crippen LogP contribution in [0.4, 0.5) is 0 Å². The molecule has 0 rings (SSSR count). The molecule has 7 N–H and O–H groups in total. The van der Waals surface area contributed by atoms with Gasteiger partial charge in [0.05, 0.1) is 0 Å². The van der Waals surface area contributed by atoms with Gasteiger partial charge >= 0.3 is 0 Å². The zero-order chi connectivity index (χ0) is 11.6. The minimum atomic E-state index is -3.69. The van der Waals surface area contributed by atoms with Crippen LogP contribution in [0, 0.1) is 6.29 Å². The van der Waals surface area contributed by atoms with Crippen LogP contribution in [0.25, 0.3) is 0 Å². The molecule has 1 radical (unpaired) electrons. The molecule has 14 heavy (non-hydrogen) atoms. The van der Waals surface area contributed by atoms with Gasteiger partial charge < -0.3 is 35.7 Å². The van der Waals surface area contributed by atoms with E-state index in [1.54, 1.807) is 6.92 Å². The van der Waals surface area contributed by atoms with Gasteiger partial charge in [-0.3, -0.25) is 0 Å². The van der Waals surface area contributed by atoms with E-state index in [1.807, 2.05) is 0 Å². The second-order valence-electron chi connectivity index (χ2n) is 3.03. The fraction of sp³-hybridized carbons (Fsp3) is 0.857. The molecule has 0 aliphatic rings. The lowest BCUT2D eigenvalue weighted by Gasteiger charge is -2.37. The normalized spacial score (nSPS) is 16.1. The van der Waals surface area contributed by atoms with Gasteiger partial charge in [0.25, 0.3) is 17.9 Å². The summed E-state index contributed by atoms with van der Waals surface area (Å²) in [7, 11) is 0.